The summed E-state index contributed by atoms with van der Waals surface area (Å²) in [7, 11) is 1.13. The maximum Gasteiger partial charge on any atom is 0.416 e. The van der Waals surface area contributed by atoms with Crippen LogP contribution in [0.2, 0.25) is 0 Å². The maximum absolute atomic E-state index is 13.4. The number of alkyl halides is 3. The van der Waals surface area contributed by atoms with E-state index in [0.29, 0.717) is 11.1 Å². The Morgan fingerprint density at radius 2 is 1.34 bits per heavy atom. The van der Waals surface area contributed by atoms with Crippen molar-refractivity contribution in [2.75, 3.05) is 7.11 Å². The molecule has 0 heterocycles. The van der Waals surface area contributed by atoms with Gasteiger partial charge in [0.25, 0.3) is 0 Å². The van der Waals surface area contributed by atoms with E-state index in [-0.39, 0.29) is 12.0 Å². The van der Waals surface area contributed by atoms with Crippen LogP contribution in [0.5, 0.6) is 0 Å². The number of benzene rings is 3. The van der Waals surface area contributed by atoms with Gasteiger partial charge in [-0.25, -0.2) is 4.79 Å². The number of hydrogen-bond acceptors (Lipinski definition) is 3. The van der Waals surface area contributed by atoms with Crippen molar-refractivity contribution in [3.63, 3.8) is 0 Å². The fourth-order valence-corrected chi connectivity index (χ4v) is 3.57. The smallest absolute Gasteiger partial charge is 0.416 e. The number of hydrogen-bond donors (Lipinski definition) is 1. The molecular formula is C25H22F3NO3. The van der Waals surface area contributed by atoms with Gasteiger partial charge < -0.3 is 10.1 Å². The van der Waals surface area contributed by atoms with Crippen LogP contribution in [0.15, 0.2) is 84.9 Å². The maximum atomic E-state index is 13.4. The fourth-order valence-electron chi connectivity index (χ4n) is 3.57. The molecule has 0 aliphatic heterocycles. The Hall–Kier alpha value is -3.61. The summed E-state index contributed by atoms with van der Waals surface area (Å²) < 4.78 is 45.0. The number of amides is 1. The van der Waals surface area contributed by atoms with E-state index < -0.39 is 35.6 Å². The van der Waals surface area contributed by atoms with Crippen molar-refractivity contribution >= 4 is 11.9 Å². The SMILES string of the molecule is COC(=O)[C@H](Cc1ccccc1C(F)(F)F)NC(=O)C(c1ccccc1)c1ccccc1. The molecule has 0 unspecified atom stereocenters. The molecule has 7 heteroatoms. The Balaban J connectivity index is 1.93. The number of nitrogens with one attached hydrogen (secondary N) is 1. The molecule has 3 aromatic rings. The lowest BCUT2D eigenvalue weighted by atomic mass is 9.90. The van der Waals surface area contributed by atoms with Gasteiger partial charge in [-0.1, -0.05) is 78.9 Å². The predicted molar refractivity (Wildman–Crippen MR) is 114 cm³/mol. The third-order valence-corrected chi connectivity index (χ3v) is 5.08. The first kappa shape index (κ1) is 23.1. The number of rotatable bonds is 7. The summed E-state index contributed by atoms with van der Waals surface area (Å²) in [6.07, 6.45) is -4.94. The second-order valence-electron chi connectivity index (χ2n) is 7.20. The molecule has 166 valence electrons. The average molecular weight is 441 g/mol. The van der Waals surface area contributed by atoms with Crippen molar-refractivity contribution in [3.05, 3.63) is 107 Å². The van der Waals surface area contributed by atoms with Crippen molar-refractivity contribution in [2.24, 2.45) is 0 Å². The Morgan fingerprint density at radius 1 is 0.844 bits per heavy atom. The summed E-state index contributed by atoms with van der Waals surface area (Å²) in [6, 6.07) is 21.6. The fraction of sp³-hybridized carbons (Fsp3) is 0.200. The molecule has 0 aliphatic rings. The molecule has 0 radical (unpaired) electrons. The minimum atomic E-state index is -4.59. The third-order valence-electron chi connectivity index (χ3n) is 5.08. The standard InChI is InChI=1S/C25H22F3NO3/c1-32-24(31)21(16-19-14-8-9-15-20(19)25(26,27)28)29-23(30)22(17-10-4-2-5-11-17)18-12-6-3-7-13-18/h2-15,21-22H,16H2,1H3,(H,29,30)/t21-/m0/s1. The van der Waals surface area contributed by atoms with Gasteiger partial charge in [-0.2, -0.15) is 13.2 Å². The van der Waals surface area contributed by atoms with Gasteiger partial charge in [-0.3, -0.25) is 4.79 Å². The molecule has 0 aliphatic carbocycles. The van der Waals surface area contributed by atoms with Gasteiger partial charge >= 0.3 is 12.1 Å². The molecule has 3 rings (SSSR count). The first-order chi connectivity index (χ1) is 15.3. The minimum absolute atomic E-state index is 0.105. The van der Waals surface area contributed by atoms with Crippen LogP contribution in [0.25, 0.3) is 0 Å². The molecule has 0 saturated heterocycles. The molecular weight excluding hydrogens is 419 g/mol. The first-order valence-corrected chi connectivity index (χ1v) is 9.94. The van der Waals surface area contributed by atoms with Crippen LogP contribution in [0, 0.1) is 0 Å². The topological polar surface area (TPSA) is 55.4 Å². The zero-order valence-electron chi connectivity index (χ0n) is 17.3. The quantitative estimate of drug-likeness (QED) is 0.539. The molecule has 0 saturated carbocycles. The molecule has 0 bridgehead atoms. The van der Waals surface area contributed by atoms with Gasteiger partial charge in [0.05, 0.1) is 18.6 Å². The highest BCUT2D eigenvalue weighted by Gasteiger charge is 2.35. The summed E-state index contributed by atoms with van der Waals surface area (Å²) in [5.74, 6) is -2.08. The van der Waals surface area contributed by atoms with Crippen molar-refractivity contribution in [3.8, 4) is 0 Å². The van der Waals surface area contributed by atoms with Crippen LogP contribution in [-0.2, 0) is 26.9 Å². The van der Waals surface area contributed by atoms with E-state index >= 15 is 0 Å². The number of halogens is 3. The molecule has 1 N–H and O–H groups in total. The lowest BCUT2D eigenvalue weighted by Gasteiger charge is -2.23. The van der Waals surface area contributed by atoms with E-state index in [1.807, 2.05) is 12.1 Å². The number of methoxy groups -OCH3 is 1. The zero-order valence-corrected chi connectivity index (χ0v) is 17.3. The van der Waals surface area contributed by atoms with Crippen molar-refractivity contribution in [1.82, 2.24) is 5.32 Å². The summed E-state index contributed by atoms with van der Waals surface area (Å²) in [5.41, 5.74) is 0.420. The lowest BCUT2D eigenvalue weighted by molar-refractivity contribution is -0.145. The van der Waals surface area contributed by atoms with Gasteiger partial charge in [0.15, 0.2) is 0 Å². The van der Waals surface area contributed by atoms with Crippen LogP contribution in [-0.4, -0.2) is 25.0 Å². The minimum Gasteiger partial charge on any atom is -0.467 e. The third kappa shape index (κ3) is 5.55. The average Bonchev–Trinajstić information content (AvgIpc) is 2.79. The van der Waals surface area contributed by atoms with Crippen LogP contribution in [0.3, 0.4) is 0 Å². The second kappa shape index (κ2) is 10.1. The summed E-state index contributed by atoms with van der Waals surface area (Å²) in [4.78, 5) is 25.7. The van der Waals surface area contributed by atoms with E-state index in [1.54, 1.807) is 48.5 Å². The summed E-state index contributed by atoms with van der Waals surface area (Å²) in [5, 5.41) is 2.61. The highest BCUT2D eigenvalue weighted by Crippen LogP contribution is 2.32. The van der Waals surface area contributed by atoms with Gasteiger partial charge in [-0.05, 0) is 22.8 Å². The van der Waals surface area contributed by atoms with Gasteiger partial charge in [0, 0.05) is 6.42 Å². The summed E-state index contributed by atoms with van der Waals surface area (Å²) >= 11 is 0. The Morgan fingerprint density at radius 3 is 1.84 bits per heavy atom. The van der Waals surface area contributed by atoms with Gasteiger partial charge in [0.2, 0.25) is 5.91 Å². The Kier molecular flexibility index (Phi) is 7.30. The van der Waals surface area contributed by atoms with Gasteiger partial charge in [-0.15, -0.1) is 0 Å². The Labute approximate surface area is 184 Å². The molecule has 0 aromatic heterocycles. The van der Waals surface area contributed by atoms with E-state index in [1.165, 1.54) is 18.2 Å². The van der Waals surface area contributed by atoms with E-state index in [4.69, 9.17) is 4.74 Å². The van der Waals surface area contributed by atoms with Gasteiger partial charge in [0.1, 0.15) is 6.04 Å². The molecule has 1 atom stereocenters. The largest absolute Gasteiger partial charge is 0.467 e. The van der Waals surface area contributed by atoms with Crippen molar-refractivity contribution in [1.29, 1.82) is 0 Å². The molecule has 1 amide bonds. The lowest BCUT2D eigenvalue weighted by Crippen LogP contribution is -2.45. The first-order valence-electron chi connectivity index (χ1n) is 9.94. The highest BCUT2D eigenvalue weighted by atomic mass is 19.4. The highest BCUT2D eigenvalue weighted by molar-refractivity contribution is 5.91. The van der Waals surface area contributed by atoms with Crippen LogP contribution < -0.4 is 5.32 Å². The summed E-state index contributed by atoms with van der Waals surface area (Å²) in [6.45, 7) is 0. The monoisotopic (exact) mass is 441 g/mol. The molecule has 32 heavy (non-hydrogen) atoms. The molecule has 4 nitrogen and oxygen atoms in total. The Bertz CT molecular complexity index is 1010. The molecule has 0 fully saturated rings. The van der Waals surface area contributed by atoms with Crippen LogP contribution >= 0.6 is 0 Å². The van der Waals surface area contributed by atoms with Crippen LogP contribution in [0.4, 0.5) is 13.2 Å². The number of carbonyl (C=O) groups is 2. The molecule has 0 spiro atoms. The number of carbonyl (C=O) groups excluding carboxylic acids is 2. The zero-order chi connectivity index (χ0) is 23.1. The second-order valence-corrected chi connectivity index (χ2v) is 7.20. The van der Waals surface area contributed by atoms with Crippen LogP contribution in [0.1, 0.15) is 28.2 Å². The number of esters is 1. The van der Waals surface area contributed by atoms with E-state index in [0.717, 1.165) is 13.2 Å². The predicted octanol–water partition coefficient (Wildman–Crippen LogP) is 4.74. The normalized spacial score (nSPS) is 12.3. The van der Waals surface area contributed by atoms with E-state index in [2.05, 4.69) is 5.32 Å². The van der Waals surface area contributed by atoms with E-state index in [9.17, 15) is 22.8 Å². The van der Waals surface area contributed by atoms with Crippen molar-refractivity contribution < 1.29 is 27.5 Å². The molecule has 3 aromatic carbocycles. The number of ether oxygens (including phenoxy) is 1. The van der Waals surface area contributed by atoms with Crippen molar-refractivity contribution in [2.45, 2.75) is 24.6 Å².